The Labute approximate surface area is 108 Å². The number of imidazole rings is 1. The first-order valence-corrected chi connectivity index (χ1v) is 6.67. The van der Waals surface area contributed by atoms with Crippen molar-refractivity contribution >= 4 is 44.9 Å². The monoisotopic (exact) mass is 307 g/mol. The quantitative estimate of drug-likeness (QED) is 0.519. The number of aryl methyl sites for hydroxylation is 2. The molecule has 0 aliphatic rings. The minimum absolute atomic E-state index is 0.0817. The van der Waals surface area contributed by atoms with E-state index in [1.807, 2.05) is 0 Å². The maximum Gasteiger partial charge on any atom is 0.338 e. The van der Waals surface area contributed by atoms with Gasteiger partial charge in [-0.05, 0) is 0 Å². The maximum absolute atomic E-state index is 11.6. The number of nitrogens with one attached hydrogen (secondary N) is 1. The minimum Gasteiger partial charge on any atom is -0.259 e. The predicted molar refractivity (Wildman–Crippen MR) is 60.1 cm³/mol. The lowest BCUT2D eigenvalue weighted by Gasteiger charge is -2.09. The van der Waals surface area contributed by atoms with Crippen LogP contribution in [0.2, 0.25) is 0 Å². The van der Waals surface area contributed by atoms with E-state index in [1.54, 1.807) is 18.5 Å². The first kappa shape index (κ1) is 14.1. The first-order valence-electron chi connectivity index (χ1n) is 4.13. The van der Waals surface area contributed by atoms with E-state index in [0.29, 0.717) is 5.82 Å². The Bertz CT molecular complexity index is 458. The molecule has 0 fully saturated rings. The molecule has 0 atom stereocenters. The van der Waals surface area contributed by atoms with Crippen molar-refractivity contribution in [3.63, 3.8) is 0 Å². The zero-order chi connectivity index (χ0) is 12.6. The van der Waals surface area contributed by atoms with Crippen LogP contribution in [0.25, 0.3) is 0 Å². The average Bonchev–Trinajstić information content (AvgIpc) is 2.44. The van der Waals surface area contributed by atoms with Crippen molar-refractivity contribution in [1.82, 2.24) is 4.98 Å². The second-order valence-corrected chi connectivity index (χ2v) is 7.25. The summed E-state index contributed by atoms with van der Waals surface area (Å²) in [6.07, 6.45) is 1.38. The molecule has 0 amide bonds. The van der Waals surface area contributed by atoms with Gasteiger partial charge in [0.2, 0.25) is 3.79 Å². The summed E-state index contributed by atoms with van der Waals surface area (Å²) >= 11 is 16.2. The summed E-state index contributed by atoms with van der Waals surface area (Å²) in [5.41, 5.74) is 0. The molecular formula is C7H10Cl3N2O3S+. The van der Waals surface area contributed by atoms with Crippen LogP contribution >= 0.6 is 34.8 Å². The Morgan fingerprint density at radius 3 is 2.44 bits per heavy atom. The summed E-state index contributed by atoms with van der Waals surface area (Å²) < 4.78 is 27.6. The van der Waals surface area contributed by atoms with Gasteiger partial charge in [-0.15, -0.1) is 0 Å². The molecule has 1 aromatic rings. The van der Waals surface area contributed by atoms with Crippen molar-refractivity contribution in [3.05, 3.63) is 12.0 Å². The van der Waals surface area contributed by atoms with E-state index in [9.17, 15) is 8.42 Å². The number of hydrogen-bond acceptors (Lipinski definition) is 3. The van der Waals surface area contributed by atoms with Gasteiger partial charge in [-0.2, -0.15) is 8.42 Å². The number of H-pyrrole nitrogens is 1. The molecule has 9 heteroatoms. The molecule has 0 bridgehead atoms. The van der Waals surface area contributed by atoms with Crippen LogP contribution in [0.4, 0.5) is 0 Å². The van der Waals surface area contributed by atoms with Crippen molar-refractivity contribution in [1.29, 1.82) is 0 Å². The molecule has 0 spiro atoms. The highest BCUT2D eigenvalue weighted by Crippen LogP contribution is 2.27. The summed E-state index contributed by atoms with van der Waals surface area (Å²) in [5.74, 6) is 0.663. The van der Waals surface area contributed by atoms with Gasteiger partial charge in [0.15, 0.2) is 6.20 Å². The number of hydrogen-bond donors (Lipinski definition) is 1. The van der Waals surface area contributed by atoms with Crippen molar-refractivity contribution in [2.45, 2.75) is 15.7 Å². The van der Waals surface area contributed by atoms with Gasteiger partial charge >= 0.3 is 10.1 Å². The second-order valence-electron chi connectivity index (χ2n) is 3.15. The molecule has 0 saturated heterocycles. The maximum atomic E-state index is 11.6. The van der Waals surface area contributed by atoms with Crippen molar-refractivity contribution in [2.75, 3.05) is 6.61 Å². The third-order valence-electron chi connectivity index (χ3n) is 1.79. The summed E-state index contributed by atoms with van der Waals surface area (Å²) in [5, 5.41) is -0.0817. The Balaban J connectivity index is 2.87. The third-order valence-corrected chi connectivity index (χ3v) is 3.29. The van der Waals surface area contributed by atoms with Crippen LogP contribution in [0.1, 0.15) is 5.82 Å². The number of rotatable bonds is 3. The third kappa shape index (κ3) is 3.78. The molecule has 1 rings (SSSR count). The van der Waals surface area contributed by atoms with E-state index in [0.717, 1.165) is 0 Å². The van der Waals surface area contributed by atoms with Crippen LogP contribution in [-0.2, 0) is 21.3 Å². The summed E-state index contributed by atoms with van der Waals surface area (Å²) in [6.45, 7) is 1.18. The molecule has 5 nitrogen and oxygen atoms in total. The molecule has 1 aromatic heterocycles. The van der Waals surface area contributed by atoms with E-state index in [2.05, 4.69) is 9.17 Å². The van der Waals surface area contributed by atoms with Crippen molar-refractivity contribution < 1.29 is 17.2 Å². The SMILES string of the molecule is Cc1[nH]c(S(=O)(=O)OCC(Cl)(Cl)Cl)c[n+]1C. The molecule has 0 aliphatic carbocycles. The number of halogens is 3. The van der Waals surface area contributed by atoms with Crippen LogP contribution in [0.3, 0.4) is 0 Å². The van der Waals surface area contributed by atoms with E-state index in [4.69, 9.17) is 34.8 Å². The van der Waals surface area contributed by atoms with Gasteiger partial charge in [0.1, 0.15) is 6.61 Å². The Kier molecular flexibility index (Phi) is 4.13. The van der Waals surface area contributed by atoms with E-state index in [-0.39, 0.29) is 5.03 Å². The van der Waals surface area contributed by atoms with Crippen molar-refractivity contribution in [2.24, 2.45) is 7.05 Å². The molecule has 0 aromatic carbocycles. The molecule has 16 heavy (non-hydrogen) atoms. The number of alkyl halides is 3. The highest BCUT2D eigenvalue weighted by atomic mass is 35.6. The normalized spacial score (nSPS) is 13.1. The van der Waals surface area contributed by atoms with Gasteiger partial charge in [0.25, 0.3) is 10.9 Å². The zero-order valence-electron chi connectivity index (χ0n) is 8.50. The lowest BCUT2D eigenvalue weighted by atomic mass is 10.7. The summed E-state index contributed by atoms with van der Waals surface area (Å²) in [6, 6.07) is 0. The minimum atomic E-state index is -3.92. The first-order chi connectivity index (χ1) is 7.12. The fourth-order valence-electron chi connectivity index (χ4n) is 0.906. The van der Waals surface area contributed by atoms with E-state index >= 15 is 0 Å². The molecule has 0 saturated carbocycles. The molecular weight excluding hydrogens is 299 g/mol. The van der Waals surface area contributed by atoms with E-state index in [1.165, 1.54) is 6.20 Å². The summed E-state index contributed by atoms with van der Waals surface area (Å²) in [7, 11) is -2.23. The largest absolute Gasteiger partial charge is 0.338 e. The van der Waals surface area contributed by atoms with Gasteiger partial charge in [-0.25, -0.2) is 9.55 Å². The van der Waals surface area contributed by atoms with Crippen LogP contribution in [0, 0.1) is 6.92 Å². The van der Waals surface area contributed by atoms with Gasteiger partial charge in [0, 0.05) is 6.92 Å². The lowest BCUT2D eigenvalue weighted by Crippen LogP contribution is -2.28. The van der Waals surface area contributed by atoms with Crippen LogP contribution in [-0.4, -0.2) is 23.8 Å². The topological polar surface area (TPSA) is 63.0 Å². The van der Waals surface area contributed by atoms with Crippen molar-refractivity contribution in [3.8, 4) is 0 Å². The zero-order valence-corrected chi connectivity index (χ0v) is 11.6. The fraction of sp³-hybridized carbons (Fsp3) is 0.571. The molecule has 0 unspecified atom stereocenters. The predicted octanol–water partition coefficient (Wildman–Crippen LogP) is 1.22. The smallest absolute Gasteiger partial charge is 0.259 e. The summed E-state index contributed by atoms with van der Waals surface area (Å²) in [4.78, 5) is 2.64. The average molecular weight is 309 g/mol. The van der Waals surface area contributed by atoms with Gasteiger partial charge in [-0.3, -0.25) is 4.18 Å². The highest BCUT2D eigenvalue weighted by Gasteiger charge is 2.29. The van der Waals surface area contributed by atoms with Gasteiger partial charge in [-0.1, -0.05) is 34.8 Å². The molecule has 1 heterocycles. The number of aromatic amines is 1. The Morgan fingerprint density at radius 1 is 1.50 bits per heavy atom. The standard InChI is InChI=1S/C7H9Cl3N2O3S/c1-5-11-6(3-12(5)2)16(13,14)15-4-7(8,9)10/h3H,4H2,1-2H3/p+1. The Morgan fingerprint density at radius 2 is 2.06 bits per heavy atom. The van der Waals surface area contributed by atoms with E-state index < -0.39 is 20.5 Å². The Hall–Kier alpha value is -0.0100. The lowest BCUT2D eigenvalue weighted by molar-refractivity contribution is -0.677. The molecule has 92 valence electrons. The highest BCUT2D eigenvalue weighted by molar-refractivity contribution is 7.86. The molecule has 1 N–H and O–H groups in total. The fourth-order valence-corrected chi connectivity index (χ4v) is 2.28. The van der Waals surface area contributed by atoms with Crippen LogP contribution in [0.5, 0.6) is 0 Å². The molecule has 0 aliphatic heterocycles. The second kappa shape index (κ2) is 4.70. The van der Waals surface area contributed by atoms with Gasteiger partial charge < -0.3 is 0 Å². The van der Waals surface area contributed by atoms with Crippen LogP contribution < -0.4 is 4.57 Å². The number of aromatic nitrogens is 2. The van der Waals surface area contributed by atoms with Gasteiger partial charge in [0.05, 0.1) is 7.05 Å². The van der Waals surface area contributed by atoms with Crippen LogP contribution in [0.15, 0.2) is 11.2 Å². The molecule has 0 radical (unpaired) electrons. The number of nitrogens with zero attached hydrogens (tertiary/aromatic N) is 1.